The Kier molecular flexibility index (Phi) is 3.80. The molecule has 104 valence electrons. The highest BCUT2D eigenvalue weighted by Crippen LogP contribution is 2.32. The molecule has 1 atom stereocenters. The highest BCUT2D eigenvalue weighted by Gasteiger charge is 2.31. The molecule has 2 N–H and O–H groups in total. The Morgan fingerprint density at radius 3 is 2.74 bits per heavy atom. The molecule has 3 nitrogen and oxygen atoms in total. The second-order valence-electron chi connectivity index (χ2n) is 4.67. The first kappa shape index (κ1) is 13.9. The van der Waals surface area contributed by atoms with E-state index in [1.165, 1.54) is 6.07 Å². The van der Waals surface area contributed by atoms with E-state index < -0.39 is 11.7 Å². The van der Waals surface area contributed by atoms with Crippen molar-refractivity contribution in [1.82, 2.24) is 5.32 Å². The van der Waals surface area contributed by atoms with Gasteiger partial charge in [0.2, 0.25) is 5.91 Å². The zero-order chi connectivity index (χ0) is 14.0. The molecular formula is C13H15F3N2O. The van der Waals surface area contributed by atoms with E-state index in [1.54, 1.807) is 6.92 Å². The molecule has 1 fully saturated rings. The number of alkyl halides is 3. The minimum Gasteiger partial charge on any atom is -0.324 e. The minimum atomic E-state index is -4.40. The maximum atomic E-state index is 12.6. The summed E-state index contributed by atoms with van der Waals surface area (Å²) >= 11 is 0. The molecule has 0 spiro atoms. The van der Waals surface area contributed by atoms with E-state index in [2.05, 4.69) is 10.6 Å². The van der Waals surface area contributed by atoms with Crippen LogP contribution in [0.5, 0.6) is 0 Å². The SMILES string of the molecule is Cc1ccc(C(F)(F)F)cc1NC(=O)[C@@H]1CCCN1. The number of halogens is 3. The highest BCUT2D eigenvalue weighted by molar-refractivity contribution is 5.95. The lowest BCUT2D eigenvalue weighted by Crippen LogP contribution is -2.35. The van der Waals surface area contributed by atoms with Crippen LogP contribution >= 0.6 is 0 Å². The molecule has 1 aromatic rings. The summed E-state index contributed by atoms with van der Waals surface area (Å²) in [6.45, 7) is 2.43. The Balaban J connectivity index is 2.17. The Morgan fingerprint density at radius 1 is 1.42 bits per heavy atom. The van der Waals surface area contributed by atoms with Crippen LogP contribution in [-0.2, 0) is 11.0 Å². The standard InChI is InChI=1S/C13H15F3N2O/c1-8-4-5-9(13(14,15)16)7-11(8)18-12(19)10-3-2-6-17-10/h4-5,7,10,17H,2-3,6H2,1H3,(H,18,19)/t10-/m0/s1. The lowest BCUT2D eigenvalue weighted by atomic mass is 10.1. The molecule has 2 rings (SSSR count). The van der Waals surface area contributed by atoms with Gasteiger partial charge < -0.3 is 10.6 Å². The van der Waals surface area contributed by atoms with Crippen LogP contribution < -0.4 is 10.6 Å². The molecule has 6 heteroatoms. The third-order valence-electron chi connectivity index (χ3n) is 3.20. The molecule has 0 unspecified atom stereocenters. The number of nitrogens with one attached hydrogen (secondary N) is 2. The molecule has 1 amide bonds. The van der Waals surface area contributed by atoms with Crippen LogP contribution in [0.15, 0.2) is 18.2 Å². The van der Waals surface area contributed by atoms with Gasteiger partial charge in [0.05, 0.1) is 11.6 Å². The largest absolute Gasteiger partial charge is 0.416 e. The first-order valence-electron chi connectivity index (χ1n) is 6.10. The van der Waals surface area contributed by atoms with Gasteiger partial charge in [0.25, 0.3) is 0 Å². The maximum Gasteiger partial charge on any atom is 0.416 e. The molecule has 0 radical (unpaired) electrons. The third-order valence-corrected chi connectivity index (χ3v) is 3.20. The van der Waals surface area contributed by atoms with Gasteiger partial charge in [0, 0.05) is 5.69 Å². The van der Waals surface area contributed by atoms with Crippen LogP contribution in [0.3, 0.4) is 0 Å². The van der Waals surface area contributed by atoms with Gasteiger partial charge in [-0.25, -0.2) is 0 Å². The number of hydrogen-bond donors (Lipinski definition) is 2. The van der Waals surface area contributed by atoms with E-state index in [0.29, 0.717) is 12.0 Å². The fourth-order valence-corrected chi connectivity index (χ4v) is 2.06. The zero-order valence-corrected chi connectivity index (χ0v) is 10.5. The Hall–Kier alpha value is -1.56. The minimum absolute atomic E-state index is 0.216. The number of anilines is 1. The molecule has 0 aliphatic carbocycles. The average molecular weight is 272 g/mol. The van der Waals surface area contributed by atoms with Gasteiger partial charge in [-0.15, -0.1) is 0 Å². The Bertz CT molecular complexity index is 479. The van der Waals surface area contributed by atoms with Crippen LogP contribution in [0.2, 0.25) is 0 Å². The van der Waals surface area contributed by atoms with Crippen molar-refractivity contribution in [2.45, 2.75) is 32.0 Å². The summed E-state index contributed by atoms with van der Waals surface area (Å²) in [6, 6.07) is 3.04. The molecular weight excluding hydrogens is 257 g/mol. The fraction of sp³-hybridized carbons (Fsp3) is 0.462. The summed E-state index contributed by atoms with van der Waals surface area (Å²) in [6.07, 6.45) is -2.79. The smallest absolute Gasteiger partial charge is 0.324 e. The normalized spacial score (nSPS) is 19.5. The first-order valence-corrected chi connectivity index (χ1v) is 6.10. The van der Waals surface area contributed by atoms with Crippen molar-refractivity contribution in [1.29, 1.82) is 0 Å². The van der Waals surface area contributed by atoms with Gasteiger partial charge in [0.1, 0.15) is 0 Å². The van der Waals surface area contributed by atoms with Gasteiger partial charge in [-0.2, -0.15) is 13.2 Å². The monoisotopic (exact) mass is 272 g/mol. The predicted octanol–water partition coefficient (Wildman–Crippen LogP) is 2.70. The van der Waals surface area contributed by atoms with Gasteiger partial charge in [-0.05, 0) is 44.0 Å². The molecule has 0 bridgehead atoms. The molecule has 1 aliphatic heterocycles. The van der Waals surface area contributed by atoms with Crippen molar-refractivity contribution in [2.75, 3.05) is 11.9 Å². The number of benzene rings is 1. The highest BCUT2D eigenvalue weighted by atomic mass is 19.4. The van der Waals surface area contributed by atoms with Crippen LogP contribution in [0.1, 0.15) is 24.0 Å². The zero-order valence-electron chi connectivity index (χ0n) is 10.5. The Morgan fingerprint density at radius 2 is 2.16 bits per heavy atom. The van der Waals surface area contributed by atoms with E-state index in [9.17, 15) is 18.0 Å². The molecule has 1 aromatic carbocycles. The predicted molar refractivity (Wildman–Crippen MR) is 65.8 cm³/mol. The van der Waals surface area contributed by atoms with E-state index >= 15 is 0 Å². The van der Waals surface area contributed by atoms with Crippen molar-refractivity contribution >= 4 is 11.6 Å². The fourth-order valence-electron chi connectivity index (χ4n) is 2.06. The van der Waals surface area contributed by atoms with E-state index in [0.717, 1.165) is 25.1 Å². The van der Waals surface area contributed by atoms with Gasteiger partial charge in [-0.3, -0.25) is 4.79 Å². The number of rotatable bonds is 2. The van der Waals surface area contributed by atoms with Gasteiger partial charge in [0.15, 0.2) is 0 Å². The van der Waals surface area contributed by atoms with E-state index in [4.69, 9.17) is 0 Å². The topological polar surface area (TPSA) is 41.1 Å². The summed E-state index contributed by atoms with van der Waals surface area (Å²) in [7, 11) is 0. The number of carbonyl (C=O) groups is 1. The summed E-state index contributed by atoms with van der Waals surface area (Å²) in [5.41, 5.74) is 0.0700. The van der Waals surface area contributed by atoms with E-state index in [1.807, 2.05) is 0 Å². The number of amides is 1. The van der Waals surface area contributed by atoms with Crippen LogP contribution in [-0.4, -0.2) is 18.5 Å². The van der Waals surface area contributed by atoms with Crippen LogP contribution in [0.25, 0.3) is 0 Å². The number of hydrogen-bond acceptors (Lipinski definition) is 2. The third kappa shape index (κ3) is 3.26. The second kappa shape index (κ2) is 5.21. The van der Waals surface area contributed by atoms with Crippen LogP contribution in [0, 0.1) is 6.92 Å². The molecule has 1 heterocycles. The number of carbonyl (C=O) groups excluding carboxylic acids is 1. The van der Waals surface area contributed by atoms with Crippen molar-refractivity contribution in [3.8, 4) is 0 Å². The summed E-state index contributed by atoms with van der Waals surface area (Å²) in [5.74, 6) is -0.278. The summed E-state index contributed by atoms with van der Waals surface area (Å²) in [4.78, 5) is 11.9. The maximum absolute atomic E-state index is 12.6. The lowest BCUT2D eigenvalue weighted by Gasteiger charge is -2.15. The average Bonchev–Trinajstić information content (AvgIpc) is 2.84. The van der Waals surface area contributed by atoms with Crippen molar-refractivity contribution in [3.63, 3.8) is 0 Å². The molecule has 0 saturated carbocycles. The van der Waals surface area contributed by atoms with E-state index in [-0.39, 0.29) is 17.6 Å². The quantitative estimate of drug-likeness (QED) is 0.869. The lowest BCUT2D eigenvalue weighted by molar-refractivity contribution is -0.137. The molecule has 19 heavy (non-hydrogen) atoms. The van der Waals surface area contributed by atoms with Crippen molar-refractivity contribution < 1.29 is 18.0 Å². The molecule has 1 aliphatic rings. The number of aryl methyl sites for hydroxylation is 1. The molecule has 1 saturated heterocycles. The molecule has 0 aromatic heterocycles. The Labute approximate surface area is 109 Å². The summed E-state index contributed by atoms with van der Waals surface area (Å²) < 4.78 is 37.8. The summed E-state index contributed by atoms with van der Waals surface area (Å²) in [5, 5.41) is 5.57. The second-order valence-corrected chi connectivity index (χ2v) is 4.67. The first-order chi connectivity index (χ1) is 8.88. The van der Waals surface area contributed by atoms with Gasteiger partial charge >= 0.3 is 6.18 Å². The van der Waals surface area contributed by atoms with Crippen molar-refractivity contribution in [3.05, 3.63) is 29.3 Å². The van der Waals surface area contributed by atoms with Crippen molar-refractivity contribution in [2.24, 2.45) is 0 Å². The van der Waals surface area contributed by atoms with Gasteiger partial charge in [-0.1, -0.05) is 6.07 Å². The van der Waals surface area contributed by atoms with Crippen LogP contribution in [0.4, 0.5) is 18.9 Å².